The lowest BCUT2D eigenvalue weighted by atomic mass is 10.0. The Morgan fingerprint density at radius 1 is 0.365 bits per heavy atom. The highest BCUT2D eigenvalue weighted by Gasteiger charge is 2.51. The fourth-order valence-corrected chi connectivity index (χ4v) is 15.6. The van der Waals surface area contributed by atoms with Crippen LogP contribution in [0.4, 0.5) is 0 Å². The van der Waals surface area contributed by atoms with E-state index in [1.165, 1.54) is 59.2 Å². The minimum absolute atomic E-state index is 0.718. The van der Waals surface area contributed by atoms with Crippen molar-refractivity contribution in [2.45, 2.75) is 0 Å². The zero-order valence-corrected chi connectivity index (χ0v) is 35.2. The summed E-state index contributed by atoms with van der Waals surface area (Å²) < 4.78 is 4.90. The first-order chi connectivity index (χ1) is 31.3. The molecule has 4 nitrogen and oxygen atoms in total. The first-order valence-corrected chi connectivity index (χ1v) is 23.6. The monoisotopic (exact) mass is 818 g/mol. The first kappa shape index (κ1) is 35.6. The number of hydrogen-bond acceptors (Lipinski definition) is 2. The third kappa shape index (κ3) is 5.14. The van der Waals surface area contributed by atoms with Gasteiger partial charge in [-0.2, -0.15) is 0 Å². The summed E-state index contributed by atoms with van der Waals surface area (Å²) in [7, 11) is -2.94. The minimum Gasteiger partial charge on any atom is -0.307 e. The molecule has 0 atom stereocenters. The average molecular weight is 819 g/mol. The molecule has 13 rings (SSSR count). The zero-order chi connectivity index (χ0) is 41.5. The SMILES string of the molecule is c1ccc(-c2nc(-c3cccc(-n4c5ccccc5c5ccc6c7ccccc7n(-c7ccccc7)c6c54)c3)nc3c2-c2ccccc2[Si]3(c2ccccc2)c2ccccc2)cc1. The Morgan fingerprint density at radius 3 is 1.49 bits per heavy atom. The number of nitrogens with zero attached hydrogens (tertiary/aromatic N) is 4. The molecule has 0 bridgehead atoms. The van der Waals surface area contributed by atoms with E-state index in [1.54, 1.807) is 0 Å². The van der Waals surface area contributed by atoms with Gasteiger partial charge in [0.05, 0.1) is 33.1 Å². The second kappa shape index (κ2) is 14.0. The van der Waals surface area contributed by atoms with Gasteiger partial charge in [0.2, 0.25) is 8.07 Å². The molecule has 63 heavy (non-hydrogen) atoms. The molecule has 0 unspecified atom stereocenters. The van der Waals surface area contributed by atoms with Crippen molar-refractivity contribution < 1.29 is 0 Å². The van der Waals surface area contributed by atoms with Gasteiger partial charge in [-0.15, -0.1) is 0 Å². The Balaban J connectivity index is 1.12. The van der Waals surface area contributed by atoms with Gasteiger partial charge in [0.1, 0.15) is 0 Å². The third-order valence-electron chi connectivity index (χ3n) is 13.2. The van der Waals surface area contributed by atoms with Crippen molar-refractivity contribution in [3.8, 4) is 45.1 Å². The summed E-state index contributed by atoms with van der Waals surface area (Å²) in [5.74, 6) is 0.718. The van der Waals surface area contributed by atoms with Gasteiger partial charge in [0.15, 0.2) is 5.82 Å². The predicted molar refractivity (Wildman–Crippen MR) is 264 cm³/mol. The molecule has 0 aliphatic carbocycles. The van der Waals surface area contributed by atoms with E-state index in [0.717, 1.165) is 50.4 Å². The van der Waals surface area contributed by atoms with Crippen LogP contribution in [0.25, 0.3) is 88.8 Å². The largest absolute Gasteiger partial charge is 0.307 e. The summed E-state index contributed by atoms with van der Waals surface area (Å²) in [5, 5.41) is 9.96. The van der Waals surface area contributed by atoms with Gasteiger partial charge in [-0.3, -0.25) is 0 Å². The van der Waals surface area contributed by atoms with E-state index in [1.807, 2.05) is 0 Å². The lowest BCUT2D eigenvalue weighted by Crippen LogP contribution is -2.73. The van der Waals surface area contributed by atoms with Crippen LogP contribution >= 0.6 is 0 Å². The molecule has 0 amide bonds. The maximum absolute atomic E-state index is 5.85. The fourth-order valence-electron chi connectivity index (χ4n) is 10.6. The van der Waals surface area contributed by atoms with Gasteiger partial charge in [-0.25, -0.2) is 9.97 Å². The average Bonchev–Trinajstić information content (AvgIpc) is 3.99. The van der Waals surface area contributed by atoms with Crippen LogP contribution in [-0.4, -0.2) is 27.2 Å². The number of benzene rings is 9. The van der Waals surface area contributed by atoms with Crippen molar-refractivity contribution in [3.05, 3.63) is 231 Å². The molecule has 0 radical (unpaired) electrons. The van der Waals surface area contributed by atoms with Crippen molar-refractivity contribution in [1.29, 1.82) is 0 Å². The van der Waals surface area contributed by atoms with Gasteiger partial charge in [0.25, 0.3) is 0 Å². The van der Waals surface area contributed by atoms with Crippen molar-refractivity contribution in [3.63, 3.8) is 0 Å². The van der Waals surface area contributed by atoms with Crippen LogP contribution in [0.15, 0.2) is 231 Å². The molecule has 0 saturated carbocycles. The van der Waals surface area contributed by atoms with Crippen molar-refractivity contribution >= 4 is 72.6 Å². The van der Waals surface area contributed by atoms with E-state index in [4.69, 9.17) is 9.97 Å². The quantitative estimate of drug-likeness (QED) is 0.157. The summed E-state index contributed by atoms with van der Waals surface area (Å²) in [4.78, 5) is 11.5. The number of rotatable bonds is 6. The lowest BCUT2D eigenvalue weighted by Gasteiger charge is -2.30. The molecule has 0 N–H and O–H groups in total. The Labute approximate surface area is 365 Å². The van der Waals surface area contributed by atoms with Crippen molar-refractivity contribution in [2.24, 2.45) is 0 Å². The minimum atomic E-state index is -2.94. The molecule has 0 saturated heterocycles. The first-order valence-electron chi connectivity index (χ1n) is 21.6. The maximum Gasteiger partial charge on any atom is 0.203 e. The number of para-hydroxylation sites is 3. The van der Waals surface area contributed by atoms with E-state index in [9.17, 15) is 0 Å². The van der Waals surface area contributed by atoms with E-state index in [0.29, 0.717) is 0 Å². The van der Waals surface area contributed by atoms with Crippen LogP contribution in [0.3, 0.4) is 0 Å². The molecule has 0 spiro atoms. The Kier molecular flexibility index (Phi) is 7.89. The highest BCUT2D eigenvalue weighted by atomic mass is 28.3. The van der Waals surface area contributed by atoms with Gasteiger partial charge < -0.3 is 9.13 Å². The standard InChI is InChI=1S/C58H38N4Si/c1-5-20-39(21-6-1)54-53-49-32-15-18-35-52(49)63(43-26-9-3-10-27-43,44-28-11-4-12-29-44)58(53)60-57(59-54)40-22-19-25-42(38-40)62-51-34-17-14-31-46(51)48-37-36-47-45-30-13-16-33-50(45)61(55(47)56(48)62)41-23-7-2-8-24-41/h1-38H. The molecule has 1 aliphatic rings. The summed E-state index contributed by atoms with van der Waals surface area (Å²) in [6, 6.07) is 83.7. The second-order valence-electron chi connectivity index (χ2n) is 16.5. The van der Waals surface area contributed by atoms with Crippen LogP contribution in [0.2, 0.25) is 0 Å². The highest BCUT2D eigenvalue weighted by molar-refractivity contribution is 7.21. The zero-order valence-electron chi connectivity index (χ0n) is 34.2. The smallest absolute Gasteiger partial charge is 0.203 e. The normalized spacial score (nSPS) is 12.9. The molecule has 0 fully saturated rings. The summed E-state index contributed by atoms with van der Waals surface area (Å²) in [5.41, 5.74) is 12.2. The Morgan fingerprint density at radius 2 is 0.857 bits per heavy atom. The Bertz CT molecular complexity index is 3690. The highest BCUT2D eigenvalue weighted by Crippen LogP contribution is 2.42. The topological polar surface area (TPSA) is 35.6 Å². The molecular weight excluding hydrogens is 781 g/mol. The van der Waals surface area contributed by atoms with Crippen LogP contribution in [0.1, 0.15) is 0 Å². The molecule has 3 aromatic heterocycles. The third-order valence-corrected chi connectivity index (χ3v) is 17.9. The maximum atomic E-state index is 5.85. The van der Waals surface area contributed by atoms with Gasteiger partial charge in [-0.05, 0) is 57.5 Å². The summed E-state index contributed by atoms with van der Waals surface area (Å²) in [6.07, 6.45) is 0. The molecule has 1 aliphatic heterocycles. The van der Waals surface area contributed by atoms with E-state index in [2.05, 4.69) is 240 Å². The molecule has 9 aromatic carbocycles. The summed E-state index contributed by atoms with van der Waals surface area (Å²) >= 11 is 0. The number of aromatic nitrogens is 4. The van der Waals surface area contributed by atoms with Crippen LogP contribution in [0, 0.1) is 0 Å². The van der Waals surface area contributed by atoms with Crippen LogP contribution in [-0.2, 0) is 0 Å². The van der Waals surface area contributed by atoms with E-state index in [-0.39, 0.29) is 0 Å². The second-order valence-corrected chi connectivity index (χ2v) is 20.1. The molecule has 4 heterocycles. The van der Waals surface area contributed by atoms with Gasteiger partial charge >= 0.3 is 0 Å². The van der Waals surface area contributed by atoms with Gasteiger partial charge in [0, 0.05) is 49.6 Å². The lowest BCUT2D eigenvalue weighted by molar-refractivity contribution is 1.14. The number of hydrogen-bond donors (Lipinski definition) is 0. The number of fused-ring (bicyclic) bond motifs is 10. The van der Waals surface area contributed by atoms with Crippen molar-refractivity contribution in [2.75, 3.05) is 0 Å². The predicted octanol–water partition coefficient (Wildman–Crippen LogP) is 11.4. The van der Waals surface area contributed by atoms with Crippen molar-refractivity contribution in [1.82, 2.24) is 19.1 Å². The van der Waals surface area contributed by atoms with E-state index < -0.39 is 8.07 Å². The molecule has 5 heteroatoms. The van der Waals surface area contributed by atoms with Crippen LogP contribution < -0.4 is 20.9 Å². The molecule has 294 valence electrons. The summed E-state index contributed by atoms with van der Waals surface area (Å²) in [6.45, 7) is 0. The van der Waals surface area contributed by atoms with Crippen LogP contribution in [0.5, 0.6) is 0 Å². The molecular formula is C58H38N4Si. The molecule has 12 aromatic rings. The van der Waals surface area contributed by atoms with E-state index >= 15 is 0 Å². The fraction of sp³-hybridized carbons (Fsp3) is 0. The Hall–Kier alpha value is -8.12. The van der Waals surface area contributed by atoms with Gasteiger partial charge in [-0.1, -0.05) is 194 Å².